The summed E-state index contributed by atoms with van der Waals surface area (Å²) in [6, 6.07) is -0.604. The number of hydrogen-bond donors (Lipinski definition) is 4. The van der Waals surface area contributed by atoms with Crippen molar-refractivity contribution in [3.63, 3.8) is 0 Å². The number of nitrogens with one attached hydrogen (secondary N) is 3. The molecule has 102 valence electrons. The van der Waals surface area contributed by atoms with Crippen molar-refractivity contribution in [2.24, 2.45) is 0 Å². The summed E-state index contributed by atoms with van der Waals surface area (Å²) in [4.78, 5) is 33.0. The quantitative estimate of drug-likeness (QED) is 0.488. The highest BCUT2D eigenvalue weighted by Crippen LogP contribution is 2.02. The lowest BCUT2D eigenvalue weighted by Gasteiger charge is -2.23. The Morgan fingerprint density at radius 1 is 1.61 bits per heavy atom. The average molecular weight is 259 g/mol. The Hall–Kier alpha value is -1.83. The average Bonchev–Trinajstić information content (AvgIpc) is 2.32. The highest BCUT2D eigenvalue weighted by molar-refractivity contribution is 5.79. The molecule has 0 aliphatic carbocycles. The minimum atomic E-state index is -1.14. The van der Waals surface area contributed by atoms with Gasteiger partial charge in [0.05, 0.1) is 6.54 Å². The highest BCUT2D eigenvalue weighted by atomic mass is 16.5. The number of amides is 3. The van der Waals surface area contributed by atoms with Crippen LogP contribution in [0.3, 0.4) is 0 Å². The van der Waals surface area contributed by atoms with Crippen molar-refractivity contribution < 1.29 is 24.2 Å². The van der Waals surface area contributed by atoms with Crippen molar-refractivity contribution in [2.45, 2.75) is 25.0 Å². The van der Waals surface area contributed by atoms with Crippen molar-refractivity contribution in [2.75, 3.05) is 20.2 Å². The smallest absolute Gasteiger partial charge is 0.334 e. The molecule has 0 saturated carbocycles. The Labute approximate surface area is 104 Å². The summed E-state index contributed by atoms with van der Waals surface area (Å²) in [5, 5.41) is 16.4. The SMILES string of the molecule is COC(CNC(=O)NC1CCC(=O)NC1)C(=O)O. The Morgan fingerprint density at radius 3 is 2.83 bits per heavy atom. The van der Waals surface area contributed by atoms with Crippen molar-refractivity contribution >= 4 is 17.9 Å². The number of rotatable bonds is 5. The van der Waals surface area contributed by atoms with Gasteiger partial charge in [-0.1, -0.05) is 0 Å². The molecule has 2 unspecified atom stereocenters. The van der Waals surface area contributed by atoms with Crippen LogP contribution in [0.1, 0.15) is 12.8 Å². The number of carbonyl (C=O) groups is 3. The normalized spacial score (nSPS) is 20.7. The molecule has 1 aliphatic rings. The summed E-state index contributed by atoms with van der Waals surface area (Å²) in [5.41, 5.74) is 0. The highest BCUT2D eigenvalue weighted by Gasteiger charge is 2.21. The van der Waals surface area contributed by atoms with E-state index in [9.17, 15) is 14.4 Å². The first-order valence-corrected chi connectivity index (χ1v) is 5.59. The van der Waals surface area contributed by atoms with Gasteiger partial charge >= 0.3 is 12.0 Å². The number of carboxylic acid groups (broad SMARTS) is 1. The molecular formula is C10H17N3O5. The lowest BCUT2D eigenvalue weighted by atomic mass is 10.1. The fourth-order valence-electron chi connectivity index (χ4n) is 1.55. The van der Waals surface area contributed by atoms with Crippen LogP contribution in [0.15, 0.2) is 0 Å². The molecule has 0 aromatic rings. The van der Waals surface area contributed by atoms with Crippen LogP contribution in [-0.2, 0) is 14.3 Å². The Bertz CT molecular complexity index is 323. The van der Waals surface area contributed by atoms with Gasteiger partial charge < -0.3 is 25.8 Å². The Kier molecular flexibility index (Phi) is 5.37. The van der Waals surface area contributed by atoms with Crippen LogP contribution in [0.2, 0.25) is 0 Å². The largest absolute Gasteiger partial charge is 0.479 e. The van der Waals surface area contributed by atoms with Gasteiger partial charge in [0, 0.05) is 26.1 Å². The third-order valence-corrected chi connectivity index (χ3v) is 2.61. The van der Waals surface area contributed by atoms with Crippen LogP contribution in [0, 0.1) is 0 Å². The van der Waals surface area contributed by atoms with E-state index >= 15 is 0 Å². The van der Waals surface area contributed by atoms with Gasteiger partial charge in [-0.25, -0.2) is 9.59 Å². The molecule has 0 aromatic heterocycles. The molecule has 1 aliphatic heterocycles. The summed E-state index contributed by atoms with van der Waals surface area (Å²) in [7, 11) is 1.26. The lowest BCUT2D eigenvalue weighted by Crippen LogP contribution is -2.52. The maximum atomic E-state index is 11.5. The van der Waals surface area contributed by atoms with Crippen LogP contribution in [0.25, 0.3) is 0 Å². The molecule has 18 heavy (non-hydrogen) atoms. The number of piperidine rings is 1. The third kappa shape index (κ3) is 4.58. The third-order valence-electron chi connectivity index (χ3n) is 2.61. The molecule has 1 saturated heterocycles. The summed E-state index contributed by atoms with van der Waals surface area (Å²) in [6.45, 7) is 0.273. The molecule has 0 spiro atoms. The van der Waals surface area contributed by atoms with E-state index in [2.05, 4.69) is 20.7 Å². The molecule has 8 nitrogen and oxygen atoms in total. The van der Waals surface area contributed by atoms with Gasteiger partial charge in [0.1, 0.15) is 0 Å². The molecular weight excluding hydrogens is 242 g/mol. The van der Waals surface area contributed by atoms with Gasteiger partial charge in [-0.2, -0.15) is 0 Å². The van der Waals surface area contributed by atoms with Crippen LogP contribution >= 0.6 is 0 Å². The molecule has 1 fully saturated rings. The zero-order chi connectivity index (χ0) is 13.5. The predicted octanol–water partition coefficient (Wildman–Crippen LogP) is -1.34. The number of urea groups is 1. The van der Waals surface area contributed by atoms with Crippen molar-refractivity contribution in [1.82, 2.24) is 16.0 Å². The zero-order valence-electron chi connectivity index (χ0n) is 10.1. The van der Waals surface area contributed by atoms with E-state index in [1.807, 2.05) is 0 Å². The first-order chi connectivity index (χ1) is 8.52. The van der Waals surface area contributed by atoms with E-state index in [4.69, 9.17) is 5.11 Å². The summed E-state index contributed by atoms with van der Waals surface area (Å²) < 4.78 is 4.67. The van der Waals surface area contributed by atoms with Crippen molar-refractivity contribution in [1.29, 1.82) is 0 Å². The van der Waals surface area contributed by atoms with E-state index in [-0.39, 0.29) is 18.5 Å². The van der Waals surface area contributed by atoms with Gasteiger partial charge in [-0.05, 0) is 6.42 Å². The van der Waals surface area contributed by atoms with E-state index < -0.39 is 18.1 Å². The summed E-state index contributed by atoms with van der Waals surface area (Å²) in [6.07, 6.45) is -0.117. The second kappa shape index (κ2) is 6.80. The van der Waals surface area contributed by atoms with E-state index in [0.717, 1.165) is 0 Å². The monoisotopic (exact) mass is 259 g/mol. The molecule has 0 radical (unpaired) electrons. The van der Waals surface area contributed by atoms with Crippen LogP contribution in [0.4, 0.5) is 4.79 Å². The predicted molar refractivity (Wildman–Crippen MR) is 61.0 cm³/mol. The fraction of sp³-hybridized carbons (Fsp3) is 0.700. The van der Waals surface area contributed by atoms with Crippen LogP contribution < -0.4 is 16.0 Å². The van der Waals surface area contributed by atoms with E-state index in [0.29, 0.717) is 19.4 Å². The summed E-state index contributed by atoms with van der Waals surface area (Å²) >= 11 is 0. The maximum Gasteiger partial charge on any atom is 0.334 e. The lowest BCUT2D eigenvalue weighted by molar-refractivity contribution is -0.148. The number of carbonyl (C=O) groups excluding carboxylic acids is 2. The molecule has 0 bridgehead atoms. The van der Waals surface area contributed by atoms with Crippen LogP contribution in [-0.4, -0.2) is 55.4 Å². The van der Waals surface area contributed by atoms with Gasteiger partial charge in [-0.15, -0.1) is 0 Å². The minimum Gasteiger partial charge on any atom is -0.479 e. The zero-order valence-corrected chi connectivity index (χ0v) is 10.1. The fourth-order valence-corrected chi connectivity index (χ4v) is 1.55. The number of methoxy groups -OCH3 is 1. The van der Waals surface area contributed by atoms with Gasteiger partial charge in [0.2, 0.25) is 5.91 Å². The number of carboxylic acids is 1. The molecule has 8 heteroatoms. The second-order valence-corrected chi connectivity index (χ2v) is 3.96. The topological polar surface area (TPSA) is 117 Å². The standard InChI is InChI=1S/C10H17N3O5/c1-18-7(9(15)16)5-12-10(17)13-6-2-3-8(14)11-4-6/h6-7H,2-5H2,1H3,(H,11,14)(H,15,16)(H2,12,13,17). The van der Waals surface area contributed by atoms with Gasteiger partial charge in [-0.3, -0.25) is 4.79 Å². The maximum absolute atomic E-state index is 11.5. The molecule has 3 amide bonds. The molecule has 0 aromatic carbocycles. The van der Waals surface area contributed by atoms with Gasteiger partial charge in [0.25, 0.3) is 0 Å². The van der Waals surface area contributed by atoms with Crippen molar-refractivity contribution in [3.05, 3.63) is 0 Å². The number of ether oxygens (including phenoxy) is 1. The Morgan fingerprint density at radius 2 is 2.33 bits per heavy atom. The first kappa shape index (κ1) is 14.2. The number of hydrogen-bond acceptors (Lipinski definition) is 4. The van der Waals surface area contributed by atoms with E-state index in [1.165, 1.54) is 7.11 Å². The second-order valence-electron chi connectivity index (χ2n) is 3.96. The van der Waals surface area contributed by atoms with Crippen LogP contribution in [0.5, 0.6) is 0 Å². The first-order valence-electron chi connectivity index (χ1n) is 5.59. The summed E-state index contributed by atoms with van der Waals surface area (Å²) in [5.74, 6) is -1.17. The Balaban J connectivity index is 2.25. The van der Waals surface area contributed by atoms with Gasteiger partial charge in [0.15, 0.2) is 6.10 Å². The number of aliphatic carboxylic acids is 1. The molecule has 1 heterocycles. The van der Waals surface area contributed by atoms with E-state index in [1.54, 1.807) is 0 Å². The van der Waals surface area contributed by atoms with Crippen molar-refractivity contribution in [3.8, 4) is 0 Å². The molecule has 1 rings (SSSR count). The molecule has 2 atom stereocenters. The minimum absolute atomic E-state index is 0.0289. The molecule has 4 N–H and O–H groups in total.